The normalized spacial score (nSPS) is 12.3. The molecule has 0 fully saturated rings. The summed E-state index contributed by atoms with van der Waals surface area (Å²) in [5, 5.41) is 13.0. The second kappa shape index (κ2) is 5.60. The Hall–Kier alpha value is -1.94. The quantitative estimate of drug-likeness (QED) is 0.865. The van der Waals surface area contributed by atoms with E-state index in [-0.39, 0.29) is 11.8 Å². The van der Waals surface area contributed by atoms with E-state index in [0.29, 0.717) is 12.2 Å². The number of pyridine rings is 2. The van der Waals surface area contributed by atoms with E-state index in [1.807, 2.05) is 19.1 Å². The first kappa shape index (κ1) is 12.5. The third-order valence-electron chi connectivity index (χ3n) is 2.87. The molecule has 0 unspecified atom stereocenters. The van der Waals surface area contributed by atoms with E-state index in [1.54, 1.807) is 24.5 Å². The minimum absolute atomic E-state index is 0.190. The van der Waals surface area contributed by atoms with Crippen LogP contribution >= 0.6 is 0 Å². The van der Waals surface area contributed by atoms with Gasteiger partial charge in [-0.15, -0.1) is 0 Å². The topological polar surface area (TPSA) is 58.0 Å². The predicted molar refractivity (Wildman–Crippen MR) is 70.1 cm³/mol. The van der Waals surface area contributed by atoms with E-state index in [4.69, 9.17) is 0 Å². The fourth-order valence-corrected chi connectivity index (χ4v) is 1.75. The van der Waals surface area contributed by atoms with Crippen LogP contribution in [0.5, 0.6) is 5.75 Å². The molecule has 0 spiro atoms. The zero-order valence-corrected chi connectivity index (χ0v) is 10.6. The van der Waals surface area contributed by atoms with Crippen LogP contribution in [0.2, 0.25) is 0 Å². The molecule has 0 aliphatic rings. The van der Waals surface area contributed by atoms with Crippen molar-refractivity contribution in [2.24, 2.45) is 0 Å². The summed E-state index contributed by atoms with van der Waals surface area (Å²) >= 11 is 0. The molecule has 0 aliphatic carbocycles. The Morgan fingerprint density at radius 2 is 1.94 bits per heavy atom. The van der Waals surface area contributed by atoms with Gasteiger partial charge in [0.1, 0.15) is 5.75 Å². The number of rotatable bonds is 4. The van der Waals surface area contributed by atoms with Crippen LogP contribution < -0.4 is 5.32 Å². The lowest BCUT2D eigenvalue weighted by Gasteiger charge is -2.14. The van der Waals surface area contributed by atoms with E-state index in [0.717, 1.165) is 11.3 Å². The van der Waals surface area contributed by atoms with Gasteiger partial charge in [-0.2, -0.15) is 0 Å². The smallest absolute Gasteiger partial charge is 0.138 e. The van der Waals surface area contributed by atoms with Gasteiger partial charge < -0.3 is 10.4 Å². The van der Waals surface area contributed by atoms with Gasteiger partial charge in [-0.3, -0.25) is 9.97 Å². The molecule has 94 valence electrons. The van der Waals surface area contributed by atoms with E-state index < -0.39 is 0 Å². The van der Waals surface area contributed by atoms with Crippen LogP contribution in [-0.4, -0.2) is 15.1 Å². The van der Waals surface area contributed by atoms with E-state index in [1.165, 1.54) is 0 Å². The minimum Gasteiger partial charge on any atom is -0.506 e. The summed E-state index contributed by atoms with van der Waals surface area (Å²) in [7, 11) is 0. The van der Waals surface area contributed by atoms with Crippen LogP contribution in [0.25, 0.3) is 0 Å². The first-order chi connectivity index (χ1) is 8.66. The average molecular weight is 243 g/mol. The Labute approximate surface area is 107 Å². The van der Waals surface area contributed by atoms with Crippen LogP contribution in [-0.2, 0) is 6.54 Å². The van der Waals surface area contributed by atoms with Crippen molar-refractivity contribution in [2.45, 2.75) is 26.4 Å². The Balaban J connectivity index is 2.01. The van der Waals surface area contributed by atoms with Gasteiger partial charge in [-0.05, 0) is 43.7 Å². The Morgan fingerprint density at radius 3 is 2.67 bits per heavy atom. The molecule has 18 heavy (non-hydrogen) atoms. The van der Waals surface area contributed by atoms with Crippen molar-refractivity contribution in [2.75, 3.05) is 0 Å². The first-order valence-electron chi connectivity index (χ1n) is 5.95. The van der Waals surface area contributed by atoms with Crippen LogP contribution in [0, 0.1) is 6.92 Å². The predicted octanol–water partition coefficient (Wildman–Crippen LogP) is 2.34. The highest BCUT2D eigenvalue weighted by molar-refractivity contribution is 5.27. The van der Waals surface area contributed by atoms with Crippen molar-refractivity contribution in [1.82, 2.24) is 15.3 Å². The van der Waals surface area contributed by atoms with Gasteiger partial charge in [0, 0.05) is 30.7 Å². The highest BCUT2D eigenvalue weighted by atomic mass is 16.3. The fourth-order valence-electron chi connectivity index (χ4n) is 1.75. The zero-order valence-electron chi connectivity index (χ0n) is 10.6. The molecule has 2 rings (SSSR count). The molecule has 0 radical (unpaired) electrons. The first-order valence-corrected chi connectivity index (χ1v) is 5.95. The summed E-state index contributed by atoms with van der Waals surface area (Å²) in [4.78, 5) is 8.31. The van der Waals surface area contributed by atoms with Crippen LogP contribution in [0.15, 0.2) is 36.7 Å². The number of nitrogens with one attached hydrogen (secondary N) is 1. The van der Waals surface area contributed by atoms with Gasteiger partial charge in [0.2, 0.25) is 0 Å². The largest absolute Gasteiger partial charge is 0.506 e. The van der Waals surface area contributed by atoms with Crippen molar-refractivity contribution in [3.8, 4) is 5.75 Å². The maximum atomic E-state index is 9.71. The van der Waals surface area contributed by atoms with Crippen LogP contribution in [0.1, 0.15) is 29.9 Å². The second-order valence-corrected chi connectivity index (χ2v) is 4.30. The average Bonchev–Trinajstić information content (AvgIpc) is 2.40. The molecule has 0 saturated carbocycles. The standard InChI is InChI=1S/C14H17N3O/c1-10-3-4-14(18)13(17-10)9-16-11(2)12-5-7-15-8-6-12/h3-8,11,16,18H,9H2,1-2H3/t11-/m0/s1. The fraction of sp³-hybridized carbons (Fsp3) is 0.286. The van der Waals surface area contributed by atoms with Crippen molar-refractivity contribution in [3.05, 3.63) is 53.6 Å². The number of aromatic hydroxyl groups is 1. The van der Waals surface area contributed by atoms with E-state index in [2.05, 4.69) is 22.2 Å². The number of hydrogen-bond donors (Lipinski definition) is 2. The lowest BCUT2D eigenvalue weighted by Crippen LogP contribution is -2.19. The molecule has 2 N–H and O–H groups in total. The SMILES string of the molecule is Cc1ccc(O)c(CN[C@@H](C)c2ccncc2)n1. The Bertz CT molecular complexity index is 514. The van der Waals surface area contributed by atoms with Crippen molar-refractivity contribution in [1.29, 1.82) is 0 Å². The highest BCUT2D eigenvalue weighted by Crippen LogP contribution is 2.16. The van der Waals surface area contributed by atoms with Gasteiger partial charge in [0.05, 0.1) is 5.69 Å². The van der Waals surface area contributed by atoms with Gasteiger partial charge in [0.15, 0.2) is 0 Å². The molecule has 0 aliphatic heterocycles. The zero-order chi connectivity index (χ0) is 13.0. The molecule has 0 saturated heterocycles. The summed E-state index contributed by atoms with van der Waals surface area (Å²) in [5.41, 5.74) is 2.74. The summed E-state index contributed by atoms with van der Waals surface area (Å²) < 4.78 is 0. The Morgan fingerprint density at radius 1 is 1.22 bits per heavy atom. The van der Waals surface area contributed by atoms with Gasteiger partial charge >= 0.3 is 0 Å². The lowest BCUT2D eigenvalue weighted by molar-refractivity contribution is 0.454. The summed E-state index contributed by atoms with van der Waals surface area (Å²) in [5.74, 6) is 0.232. The number of aromatic nitrogens is 2. The minimum atomic E-state index is 0.190. The molecule has 2 aromatic rings. The maximum absolute atomic E-state index is 9.71. The summed E-state index contributed by atoms with van der Waals surface area (Å²) in [6, 6.07) is 7.61. The van der Waals surface area contributed by atoms with Gasteiger partial charge in [0.25, 0.3) is 0 Å². The molecule has 0 bridgehead atoms. The number of nitrogens with zero attached hydrogens (tertiary/aromatic N) is 2. The maximum Gasteiger partial charge on any atom is 0.138 e. The highest BCUT2D eigenvalue weighted by Gasteiger charge is 2.07. The molecule has 1 atom stereocenters. The van der Waals surface area contributed by atoms with Crippen molar-refractivity contribution < 1.29 is 5.11 Å². The van der Waals surface area contributed by atoms with Gasteiger partial charge in [-0.25, -0.2) is 0 Å². The third-order valence-corrected chi connectivity index (χ3v) is 2.87. The van der Waals surface area contributed by atoms with Gasteiger partial charge in [-0.1, -0.05) is 0 Å². The van der Waals surface area contributed by atoms with Crippen molar-refractivity contribution >= 4 is 0 Å². The second-order valence-electron chi connectivity index (χ2n) is 4.30. The molecule has 2 heterocycles. The lowest BCUT2D eigenvalue weighted by atomic mass is 10.1. The van der Waals surface area contributed by atoms with Crippen molar-refractivity contribution in [3.63, 3.8) is 0 Å². The molecular formula is C14H17N3O. The molecular weight excluding hydrogens is 226 g/mol. The van der Waals surface area contributed by atoms with E-state index in [9.17, 15) is 5.11 Å². The van der Waals surface area contributed by atoms with Crippen LogP contribution in [0.3, 0.4) is 0 Å². The third kappa shape index (κ3) is 3.05. The Kier molecular flexibility index (Phi) is 3.89. The molecule has 4 heteroatoms. The molecule has 4 nitrogen and oxygen atoms in total. The monoisotopic (exact) mass is 243 g/mol. The van der Waals surface area contributed by atoms with Crippen LogP contribution in [0.4, 0.5) is 0 Å². The molecule has 2 aromatic heterocycles. The summed E-state index contributed by atoms with van der Waals surface area (Å²) in [6.07, 6.45) is 3.55. The van der Waals surface area contributed by atoms with E-state index >= 15 is 0 Å². The number of aryl methyl sites for hydroxylation is 1. The number of hydrogen-bond acceptors (Lipinski definition) is 4. The summed E-state index contributed by atoms with van der Waals surface area (Å²) in [6.45, 7) is 4.52. The molecule has 0 aromatic carbocycles. The molecule has 0 amide bonds.